The second kappa shape index (κ2) is 6.75. The molecule has 0 amide bonds. The summed E-state index contributed by atoms with van der Waals surface area (Å²) in [6, 6.07) is 4.29. The summed E-state index contributed by atoms with van der Waals surface area (Å²) in [4.78, 5) is 12.8. The molecule has 1 heterocycles. The van der Waals surface area contributed by atoms with E-state index in [1.54, 1.807) is 0 Å². The van der Waals surface area contributed by atoms with Crippen LogP contribution in [0.4, 0.5) is 4.39 Å². The van der Waals surface area contributed by atoms with Crippen LogP contribution in [0.25, 0.3) is 0 Å². The predicted molar refractivity (Wildman–Crippen MR) is 84.8 cm³/mol. The van der Waals surface area contributed by atoms with Crippen LogP contribution in [0.5, 0.6) is 0 Å². The molecule has 0 bridgehead atoms. The number of carboxylic acid groups (broad SMARTS) is 1. The van der Waals surface area contributed by atoms with Gasteiger partial charge in [0.05, 0.1) is 17.0 Å². The molecule has 1 aromatic carbocycles. The highest BCUT2D eigenvalue weighted by Crippen LogP contribution is 2.33. The summed E-state index contributed by atoms with van der Waals surface area (Å²) in [5.74, 6) is -1.27. The predicted octanol–water partition coefficient (Wildman–Crippen LogP) is 0.297. The lowest BCUT2D eigenvalue weighted by atomic mass is 9.99. The standard InChI is InChI=1S/C15H21FN2O5S/c1-24(22,23)11-5-3-10(4-6-11)13(19)12(9-16)18-8-2-7-15(18,17)14(20)21/h3-6,12-13,19H,2,7-9,17H2,1H3,(H,20,21)/t12-,13-,15+/m1/s1. The van der Waals surface area contributed by atoms with Gasteiger partial charge in [0, 0.05) is 12.8 Å². The molecule has 0 unspecified atom stereocenters. The number of aliphatic hydroxyl groups excluding tert-OH is 1. The molecule has 0 aliphatic carbocycles. The topological polar surface area (TPSA) is 121 Å². The summed E-state index contributed by atoms with van der Waals surface area (Å²) in [7, 11) is -3.38. The Bertz CT molecular complexity index is 709. The number of halogens is 1. The van der Waals surface area contributed by atoms with E-state index in [0.29, 0.717) is 12.0 Å². The molecule has 9 heteroatoms. The van der Waals surface area contributed by atoms with Crippen molar-refractivity contribution in [2.45, 2.75) is 35.5 Å². The first kappa shape index (κ1) is 18.8. The second-order valence-electron chi connectivity index (χ2n) is 6.03. The average molecular weight is 360 g/mol. The number of benzene rings is 1. The van der Waals surface area contributed by atoms with Crippen molar-refractivity contribution >= 4 is 15.8 Å². The zero-order valence-corrected chi connectivity index (χ0v) is 14.0. The normalized spacial score (nSPS) is 24.7. The number of sulfone groups is 1. The number of carboxylic acids is 1. The Kier molecular flexibility index (Phi) is 5.28. The van der Waals surface area contributed by atoms with E-state index in [4.69, 9.17) is 5.73 Å². The van der Waals surface area contributed by atoms with Crippen LogP contribution in [0.15, 0.2) is 29.2 Å². The number of likely N-dealkylation sites (tertiary alicyclic amines) is 1. The van der Waals surface area contributed by atoms with Gasteiger partial charge in [-0.1, -0.05) is 12.1 Å². The van der Waals surface area contributed by atoms with Gasteiger partial charge < -0.3 is 15.9 Å². The SMILES string of the molecule is CS(=O)(=O)c1ccc([C@@H](O)[C@@H](CF)N2CCC[C@@]2(N)C(=O)O)cc1. The van der Waals surface area contributed by atoms with Crippen molar-refractivity contribution in [1.29, 1.82) is 0 Å². The first-order chi connectivity index (χ1) is 11.1. The zero-order valence-electron chi connectivity index (χ0n) is 13.2. The summed E-state index contributed by atoms with van der Waals surface area (Å²) in [5.41, 5.74) is 4.47. The average Bonchev–Trinajstić information content (AvgIpc) is 2.91. The van der Waals surface area contributed by atoms with Crippen molar-refractivity contribution in [3.05, 3.63) is 29.8 Å². The summed E-state index contributed by atoms with van der Waals surface area (Å²) >= 11 is 0. The molecular formula is C15H21FN2O5S. The van der Waals surface area contributed by atoms with Crippen molar-refractivity contribution in [2.24, 2.45) is 5.73 Å². The van der Waals surface area contributed by atoms with Gasteiger partial charge in [-0.3, -0.25) is 4.90 Å². The van der Waals surface area contributed by atoms with Crippen LogP contribution in [0.1, 0.15) is 24.5 Å². The lowest BCUT2D eigenvalue weighted by molar-refractivity contribution is -0.153. The fourth-order valence-electron chi connectivity index (χ4n) is 3.03. The van der Waals surface area contributed by atoms with Gasteiger partial charge in [-0.05, 0) is 30.5 Å². The highest BCUT2D eigenvalue weighted by Gasteiger charge is 2.49. The molecule has 0 aromatic heterocycles. The molecule has 1 aromatic rings. The maximum absolute atomic E-state index is 13.6. The molecule has 0 spiro atoms. The smallest absolute Gasteiger partial charge is 0.338 e. The number of hydrogen-bond donors (Lipinski definition) is 3. The first-order valence-corrected chi connectivity index (χ1v) is 9.33. The van der Waals surface area contributed by atoms with Crippen LogP contribution < -0.4 is 5.73 Å². The minimum atomic E-state index is -3.38. The van der Waals surface area contributed by atoms with Crippen molar-refractivity contribution in [3.63, 3.8) is 0 Å². The highest BCUT2D eigenvalue weighted by atomic mass is 32.2. The van der Waals surface area contributed by atoms with E-state index in [1.165, 1.54) is 29.2 Å². The van der Waals surface area contributed by atoms with Gasteiger partial charge in [-0.25, -0.2) is 17.6 Å². The van der Waals surface area contributed by atoms with Crippen LogP contribution in [0.2, 0.25) is 0 Å². The Balaban J connectivity index is 2.29. The van der Waals surface area contributed by atoms with Gasteiger partial charge in [0.15, 0.2) is 15.5 Å². The molecule has 1 aliphatic rings. The van der Waals surface area contributed by atoms with Crippen LogP contribution in [-0.2, 0) is 14.6 Å². The highest BCUT2D eigenvalue weighted by molar-refractivity contribution is 7.90. The Hall–Kier alpha value is -1.55. The number of alkyl halides is 1. The fourth-order valence-corrected chi connectivity index (χ4v) is 3.66. The molecule has 0 saturated carbocycles. The third-order valence-corrected chi connectivity index (χ3v) is 5.54. The van der Waals surface area contributed by atoms with Crippen LogP contribution in [0.3, 0.4) is 0 Å². The summed E-state index contributed by atoms with van der Waals surface area (Å²) in [6.45, 7) is -0.725. The number of aliphatic carboxylic acids is 1. The summed E-state index contributed by atoms with van der Waals surface area (Å²) in [6.07, 6.45) is 0.379. The van der Waals surface area contributed by atoms with Gasteiger partial charge >= 0.3 is 5.97 Å². The van der Waals surface area contributed by atoms with Crippen molar-refractivity contribution in [3.8, 4) is 0 Å². The van der Waals surface area contributed by atoms with Crippen molar-refractivity contribution in [1.82, 2.24) is 4.90 Å². The number of nitrogens with zero attached hydrogens (tertiary/aromatic N) is 1. The lowest BCUT2D eigenvalue weighted by Crippen LogP contribution is -2.62. The maximum Gasteiger partial charge on any atom is 0.338 e. The molecule has 24 heavy (non-hydrogen) atoms. The van der Waals surface area contributed by atoms with Crippen LogP contribution in [0, 0.1) is 0 Å². The maximum atomic E-state index is 13.6. The number of nitrogens with two attached hydrogens (primary N) is 1. The number of rotatable bonds is 6. The molecule has 1 aliphatic heterocycles. The molecular weight excluding hydrogens is 339 g/mol. The van der Waals surface area contributed by atoms with Gasteiger partial charge in [0.1, 0.15) is 6.67 Å². The molecule has 134 valence electrons. The summed E-state index contributed by atoms with van der Waals surface area (Å²) in [5, 5.41) is 19.8. The first-order valence-electron chi connectivity index (χ1n) is 7.44. The fraction of sp³-hybridized carbons (Fsp3) is 0.533. The van der Waals surface area contributed by atoms with E-state index in [9.17, 15) is 27.8 Å². The molecule has 0 radical (unpaired) electrons. The molecule has 1 saturated heterocycles. The number of carbonyl (C=O) groups is 1. The largest absolute Gasteiger partial charge is 0.479 e. The molecule has 4 N–H and O–H groups in total. The van der Waals surface area contributed by atoms with E-state index in [0.717, 1.165) is 6.26 Å². The minimum Gasteiger partial charge on any atom is -0.479 e. The van der Waals surface area contributed by atoms with Gasteiger partial charge in [0.25, 0.3) is 0 Å². The third kappa shape index (κ3) is 3.44. The van der Waals surface area contributed by atoms with Crippen molar-refractivity contribution < 1.29 is 27.8 Å². The van der Waals surface area contributed by atoms with E-state index >= 15 is 0 Å². The van der Waals surface area contributed by atoms with E-state index < -0.39 is 40.3 Å². The lowest BCUT2D eigenvalue weighted by Gasteiger charge is -2.38. The van der Waals surface area contributed by atoms with E-state index in [2.05, 4.69) is 0 Å². The Morgan fingerprint density at radius 2 is 2.00 bits per heavy atom. The monoisotopic (exact) mass is 360 g/mol. The Morgan fingerprint density at radius 1 is 1.42 bits per heavy atom. The zero-order chi connectivity index (χ0) is 18.1. The quantitative estimate of drug-likeness (QED) is 0.667. The van der Waals surface area contributed by atoms with Gasteiger partial charge in [-0.2, -0.15) is 0 Å². The van der Waals surface area contributed by atoms with E-state index in [1.807, 2.05) is 0 Å². The Morgan fingerprint density at radius 3 is 2.46 bits per heavy atom. The number of aliphatic hydroxyl groups is 1. The van der Waals surface area contributed by atoms with Crippen molar-refractivity contribution in [2.75, 3.05) is 19.5 Å². The molecule has 2 rings (SSSR count). The molecule has 1 fully saturated rings. The van der Waals surface area contributed by atoms with Gasteiger partial charge in [-0.15, -0.1) is 0 Å². The number of hydrogen-bond acceptors (Lipinski definition) is 6. The summed E-state index contributed by atoms with van der Waals surface area (Å²) < 4.78 is 36.5. The van der Waals surface area contributed by atoms with Crippen LogP contribution in [-0.4, -0.2) is 60.7 Å². The van der Waals surface area contributed by atoms with Crippen LogP contribution >= 0.6 is 0 Å². The minimum absolute atomic E-state index is 0.0788. The Labute approximate surface area is 139 Å². The van der Waals surface area contributed by atoms with Gasteiger partial charge in [0.2, 0.25) is 0 Å². The third-order valence-electron chi connectivity index (χ3n) is 4.41. The van der Waals surface area contributed by atoms with E-state index in [-0.39, 0.29) is 17.9 Å². The molecule has 7 nitrogen and oxygen atoms in total. The molecule has 3 atom stereocenters. The second-order valence-corrected chi connectivity index (χ2v) is 8.05.